The molecule has 3 aliphatic rings. The summed E-state index contributed by atoms with van der Waals surface area (Å²) >= 11 is 0. The van der Waals surface area contributed by atoms with Crippen LogP contribution in [0.1, 0.15) is 40.7 Å². The molecule has 0 aromatic heterocycles. The molecule has 114 valence electrons. The Bertz CT molecular complexity index is 644. The lowest BCUT2D eigenvalue weighted by Crippen LogP contribution is -2.54. The van der Waals surface area contributed by atoms with E-state index in [0.29, 0.717) is 12.6 Å². The Morgan fingerprint density at radius 2 is 2.00 bits per heavy atom. The molecule has 4 rings (SSSR count). The molecule has 2 aliphatic carbocycles. The van der Waals surface area contributed by atoms with Gasteiger partial charge in [0.1, 0.15) is 6.04 Å². The van der Waals surface area contributed by atoms with Crippen molar-refractivity contribution >= 4 is 5.91 Å². The number of piperazine rings is 1. The van der Waals surface area contributed by atoms with E-state index in [9.17, 15) is 10.1 Å². The Morgan fingerprint density at radius 1 is 1.18 bits per heavy atom. The first kappa shape index (κ1) is 13.8. The molecule has 1 amide bonds. The highest BCUT2D eigenvalue weighted by molar-refractivity contribution is 5.94. The fourth-order valence-electron chi connectivity index (χ4n) is 3.83. The molecule has 1 saturated heterocycles. The summed E-state index contributed by atoms with van der Waals surface area (Å²) in [5.74, 6) is 0.0883. The summed E-state index contributed by atoms with van der Waals surface area (Å²) in [7, 11) is 0. The molecule has 4 heteroatoms. The van der Waals surface area contributed by atoms with Gasteiger partial charge < -0.3 is 4.90 Å². The number of hydrogen-bond donors (Lipinski definition) is 0. The van der Waals surface area contributed by atoms with E-state index in [2.05, 4.69) is 23.1 Å². The van der Waals surface area contributed by atoms with E-state index in [1.54, 1.807) is 0 Å². The van der Waals surface area contributed by atoms with Gasteiger partial charge in [-0.05, 0) is 55.4 Å². The van der Waals surface area contributed by atoms with Gasteiger partial charge in [0, 0.05) is 31.2 Å². The number of nitriles is 1. The van der Waals surface area contributed by atoms with Gasteiger partial charge in [0.15, 0.2) is 0 Å². The van der Waals surface area contributed by atoms with Crippen LogP contribution in [0.3, 0.4) is 0 Å². The summed E-state index contributed by atoms with van der Waals surface area (Å²) < 4.78 is 0. The van der Waals surface area contributed by atoms with Gasteiger partial charge in [0.2, 0.25) is 0 Å². The van der Waals surface area contributed by atoms with E-state index < -0.39 is 0 Å². The lowest BCUT2D eigenvalue weighted by Gasteiger charge is -2.38. The van der Waals surface area contributed by atoms with Crippen LogP contribution in [-0.2, 0) is 12.8 Å². The van der Waals surface area contributed by atoms with Crippen molar-refractivity contribution in [2.75, 3.05) is 19.6 Å². The fraction of sp³-hybridized carbons (Fsp3) is 0.556. The summed E-state index contributed by atoms with van der Waals surface area (Å²) in [4.78, 5) is 16.9. The Hall–Kier alpha value is -1.86. The third kappa shape index (κ3) is 2.40. The number of hydrogen-bond acceptors (Lipinski definition) is 3. The largest absolute Gasteiger partial charge is 0.335 e. The topological polar surface area (TPSA) is 47.3 Å². The minimum absolute atomic E-state index is 0.0883. The molecular weight excluding hydrogens is 274 g/mol. The first-order chi connectivity index (χ1) is 10.8. The van der Waals surface area contributed by atoms with E-state index in [1.807, 2.05) is 11.0 Å². The molecule has 1 atom stereocenters. The monoisotopic (exact) mass is 295 g/mol. The lowest BCUT2D eigenvalue weighted by atomic mass is 10.0. The Morgan fingerprint density at radius 3 is 2.77 bits per heavy atom. The van der Waals surface area contributed by atoms with Crippen molar-refractivity contribution in [3.8, 4) is 6.07 Å². The van der Waals surface area contributed by atoms with E-state index in [0.717, 1.165) is 31.5 Å². The minimum atomic E-state index is -0.139. The van der Waals surface area contributed by atoms with Crippen LogP contribution in [0, 0.1) is 11.3 Å². The Balaban J connectivity index is 1.50. The highest BCUT2D eigenvalue weighted by Gasteiger charge is 2.38. The van der Waals surface area contributed by atoms with Crippen LogP contribution in [-0.4, -0.2) is 47.4 Å². The van der Waals surface area contributed by atoms with E-state index in [-0.39, 0.29) is 11.9 Å². The number of aryl methyl sites for hydroxylation is 2. The zero-order chi connectivity index (χ0) is 15.1. The fourth-order valence-corrected chi connectivity index (χ4v) is 3.83. The van der Waals surface area contributed by atoms with Crippen molar-refractivity contribution in [2.24, 2.45) is 0 Å². The van der Waals surface area contributed by atoms with Crippen LogP contribution < -0.4 is 0 Å². The van der Waals surface area contributed by atoms with Gasteiger partial charge >= 0.3 is 0 Å². The molecule has 0 radical (unpaired) electrons. The van der Waals surface area contributed by atoms with Gasteiger partial charge in [-0.25, -0.2) is 0 Å². The summed E-state index contributed by atoms with van der Waals surface area (Å²) in [6.07, 6.45) is 5.84. The predicted molar refractivity (Wildman–Crippen MR) is 83.5 cm³/mol. The molecule has 1 unspecified atom stereocenters. The van der Waals surface area contributed by atoms with Gasteiger partial charge in [-0.15, -0.1) is 0 Å². The molecule has 1 aliphatic heterocycles. The first-order valence-corrected chi connectivity index (χ1v) is 8.32. The second-order valence-electron chi connectivity index (χ2n) is 6.70. The number of amides is 1. The molecular formula is C18H21N3O. The summed E-state index contributed by atoms with van der Waals surface area (Å²) in [5, 5.41) is 9.41. The van der Waals surface area contributed by atoms with Crippen molar-refractivity contribution in [3.63, 3.8) is 0 Å². The zero-order valence-corrected chi connectivity index (χ0v) is 12.8. The van der Waals surface area contributed by atoms with Gasteiger partial charge in [0.05, 0.1) is 6.07 Å². The van der Waals surface area contributed by atoms with Crippen LogP contribution in [0.5, 0.6) is 0 Å². The van der Waals surface area contributed by atoms with Crippen molar-refractivity contribution < 1.29 is 4.79 Å². The number of carbonyl (C=O) groups is 1. The number of fused-ring (bicyclic) bond motifs is 1. The average Bonchev–Trinajstić information content (AvgIpc) is 3.30. The van der Waals surface area contributed by atoms with Crippen molar-refractivity contribution in [1.82, 2.24) is 9.80 Å². The van der Waals surface area contributed by atoms with Gasteiger partial charge in [0.25, 0.3) is 5.91 Å². The molecule has 4 nitrogen and oxygen atoms in total. The van der Waals surface area contributed by atoms with E-state index >= 15 is 0 Å². The molecule has 0 N–H and O–H groups in total. The quantitative estimate of drug-likeness (QED) is 0.838. The van der Waals surface area contributed by atoms with E-state index in [4.69, 9.17) is 0 Å². The lowest BCUT2D eigenvalue weighted by molar-refractivity contribution is 0.0550. The third-order valence-electron chi connectivity index (χ3n) is 5.22. The maximum atomic E-state index is 12.8. The van der Waals surface area contributed by atoms with Gasteiger partial charge in [-0.3, -0.25) is 9.69 Å². The molecule has 1 aromatic rings. The van der Waals surface area contributed by atoms with Crippen molar-refractivity contribution in [1.29, 1.82) is 5.26 Å². The number of nitrogens with zero attached hydrogens (tertiary/aromatic N) is 3. The smallest absolute Gasteiger partial charge is 0.253 e. The third-order valence-corrected chi connectivity index (χ3v) is 5.22. The second-order valence-corrected chi connectivity index (χ2v) is 6.70. The van der Waals surface area contributed by atoms with Crippen LogP contribution in [0.4, 0.5) is 0 Å². The maximum Gasteiger partial charge on any atom is 0.253 e. The van der Waals surface area contributed by atoms with Crippen LogP contribution >= 0.6 is 0 Å². The maximum absolute atomic E-state index is 12.8. The first-order valence-electron chi connectivity index (χ1n) is 8.32. The number of rotatable bonds is 2. The minimum Gasteiger partial charge on any atom is -0.335 e. The van der Waals surface area contributed by atoms with Crippen LogP contribution in [0.25, 0.3) is 0 Å². The standard InChI is InChI=1S/C18H21N3O/c19-11-17-12-20(8-9-21(17)16-6-7-16)18(22)15-5-4-13-2-1-3-14(13)10-15/h4-5,10,16-17H,1-3,6-9,12H2. The molecule has 1 heterocycles. The Labute approximate surface area is 131 Å². The van der Waals surface area contributed by atoms with Crippen LogP contribution in [0.15, 0.2) is 18.2 Å². The van der Waals surface area contributed by atoms with E-state index in [1.165, 1.54) is 30.4 Å². The summed E-state index contributed by atoms with van der Waals surface area (Å²) in [6, 6.07) is 8.97. The van der Waals surface area contributed by atoms with Crippen molar-refractivity contribution in [2.45, 2.75) is 44.2 Å². The molecule has 1 saturated carbocycles. The van der Waals surface area contributed by atoms with Crippen molar-refractivity contribution in [3.05, 3.63) is 34.9 Å². The number of benzene rings is 1. The Kier molecular flexibility index (Phi) is 3.38. The highest BCUT2D eigenvalue weighted by Crippen LogP contribution is 2.30. The summed E-state index contributed by atoms with van der Waals surface area (Å²) in [6.45, 7) is 2.12. The second kappa shape index (κ2) is 5.40. The average molecular weight is 295 g/mol. The molecule has 2 fully saturated rings. The molecule has 0 bridgehead atoms. The SMILES string of the molecule is N#CC1CN(C(=O)c2ccc3c(c2)CCC3)CCN1C1CC1. The number of carbonyl (C=O) groups excluding carboxylic acids is 1. The molecule has 0 spiro atoms. The summed E-state index contributed by atoms with van der Waals surface area (Å²) in [5.41, 5.74) is 3.52. The van der Waals surface area contributed by atoms with Gasteiger partial charge in [-0.1, -0.05) is 6.07 Å². The molecule has 22 heavy (non-hydrogen) atoms. The highest BCUT2D eigenvalue weighted by atomic mass is 16.2. The van der Waals surface area contributed by atoms with Crippen LogP contribution in [0.2, 0.25) is 0 Å². The van der Waals surface area contributed by atoms with Gasteiger partial charge in [-0.2, -0.15) is 5.26 Å². The normalized spacial score (nSPS) is 24.9. The zero-order valence-electron chi connectivity index (χ0n) is 12.8. The molecule has 1 aromatic carbocycles. The predicted octanol–water partition coefficient (Wildman–Crippen LogP) is 1.99.